The van der Waals surface area contributed by atoms with Crippen LogP contribution in [0.5, 0.6) is 5.75 Å². The summed E-state index contributed by atoms with van der Waals surface area (Å²) in [6.45, 7) is 3.41. The topological polar surface area (TPSA) is 64.7 Å². The lowest BCUT2D eigenvalue weighted by atomic mass is 9.99. The number of ether oxygens (including phenoxy) is 1. The van der Waals surface area contributed by atoms with Gasteiger partial charge in [-0.25, -0.2) is 0 Å². The van der Waals surface area contributed by atoms with E-state index in [1.54, 1.807) is 11.6 Å². The number of rotatable bonds is 5. The fraction of sp³-hybridized carbons (Fsp3) is 0.348. The molecule has 0 bridgehead atoms. The molecule has 0 radical (unpaired) electrons. The van der Waals surface area contributed by atoms with Crippen LogP contribution < -0.4 is 10.3 Å². The summed E-state index contributed by atoms with van der Waals surface area (Å²) in [5.41, 5.74) is 0.810. The van der Waals surface area contributed by atoms with Crippen LogP contribution in [0.25, 0.3) is 16.7 Å². The molecule has 1 aliphatic heterocycles. The molecule has 7 nitrogen and oxygen atoms in total. The molecule has 154 valence electrons. The van der Waals surface area contributed by atoms with Gasteiger partial charge in [-0.2, -0.15) is 0 Å². The maximum atomic E-state index is 12.6. The smallest absolute Gasteiger partial charge is 0.262 e. The highest BCUT2D eigenvalue weighted by Gasteiger charge is 2.23. The van der Waals surface area contributed by atoms with Gasteiger partial charge in [-0.1, -0.05) is 30.3 Å². The van der Waals surface area contributed by atoms with Crippen molar-refractivity contribution in [1.82, 2.24) is 24.1 Å². The molecule has 5 rings (SSSR count). The van der Waals surface area contributed by atoms with Gasteiger partial charge in [0.15, 0.2) is 5.82 Å². The number of hydrogen-bond donors (Lipinski definition) is 0. The average molecular weight is 403 g/mol. The molecule has 1 fully saturated rings. The number of aryl methyl sites for hydroxylation is 1. The van der Waals surface area contributed by atoms with Crippen molar-refractivity contribution in [3.8, 4) is 5.75 Å². The number of para-hydroxylation sites is 2. The average Bonchev–Trinajstić information content (AvgIpc) is 3.21. The molecule has 4 aromatic rings. The Balaban J connectivity index is 1.37. The van der Waals surface area contributed by atoms with Crippen LogP contribution in [0.2, 0.25) is 0 Å². The number of aromatic nitrogens is 4. The standard InChI is InChI=1S/C23H25N5O2/c1-26-22(29)19-11-5-6-12-20(19)28-21(24-25-23(26)28)15-27-13-7-8-17(14-27)16-30-18-9-3-2-4-10-18/h2-6,9-12,17H,7-8,13-16H2,1H3. The predicted octanol–water partition coefficient (Wildman–Crippen LogP) is 2.87. The van der Waals surface area contributed by atoms with Gasteiger partial charge in [0.05, 0.1) is 24.1 Å². The molecule has 0 spiro atoms. The molecule has 2 aromatic heterocycles. The van der Waals surface area contributed by atoms with Crippen molar-refractivity contribution in [3.05, 3.63) is 70.8 Å². The summed E-state index contributed by atoms with van der Waals surface area (Å²) in [5, 5.41) is 9.44. The van der Waals surface area contributed by atoms with Crippen LogP contribution in [0.4, 0.5) is 0 Å². The summed E-state index contributed by atoms with van der Waals surface area (Å²) in [4.78, 5) is 15.0. The molecular weight excluding hydrogens is 378 g/mol. The third-order valence-electron chi connectivity index (χ3n) is 5.89. The fourth-order valence-electron chi connectivity index (χ4n) is 4.36. The Kier molecular flexibility index (Phi) is 4.96. The highest BCUT2D eigenvalue weighted by molar-refractivity contribution is 5.80. The number of hydrogen-bond acceptors (Lipinski definition) is 5. The van der Waals surface area contributed by atoms with Gasteiger partial charge in [0, 0.05) is 19.5 Å². The lowest BCUT2D eigenvalue weighted by Crippen LogP contribution is -2.37. The normalized spacial score (nSPS) is 17.6. The minimum Gasteiger partial charge on any atom is -0.493 e. The van der Waals surface area contributed by atoms with Gasteiger partial charge in [0.1, 0.15) is 5.75 Å². The van der Waals surface area contributed by atoms with Gasteiger partial charge in [0.2, 0.25) is 5.78 Å². The lowest BCUT2D eigenvalue weighted by Gasteiger charge is -2.32. The van der Waals surface area contributed by atoms with Crippen LogP contribution in [-0.4, -0.2) is 43.8 Å². The number of fused-ring (bicyclic) bond motifs is 3. The van der Waals surface area contributed by atoms with Gasteiger partial charge in [-0.05, 0) is 43.7 Å². The first kappa shape index (κ1) is 18.8. The Morgan fingerprint density at radius 2 is 1.87 bits per heavy atom. The molecule has 0 saturated carbocycles. The number of nitrogens with zero attached hydrogens (tertiary/aromatic N) is 5. The van der Waals surface area contributed by atoms with Crippen LogP contribution in [0.3, 0.4) is 0 Å². The van der Waals surface area contributed by atoms with Crippen LogP contribution in [0.1, 0.15) is 18.7 Å². The summed E-state index contributed by atoms with van der Waals surface area (Å²) in [6, 6.07) is 17.6. The van der Waals surface area contributed by atoms with Gasteiger partial charge >= 0.3 is 0 Å². The van der Waals surface area contributed by atoms with Gasteiger partial charge in [0.25, 0.3) is 5.56 Å². The van der Waals surface area contributed by atoms with Crippen molar-refractivity contribution in [2.45, 2.75) is 19.4 Å². The number of benzene rings is 2. The van der Waals surface area contributed by atoms with Gasteiger partial charge in [-0.3, -0.25) is 18.7 Å². The monoisotopic (exact) mass is 403 g/mol. The highest BCUT2D eigenvalue weighted by atomic mass is 16.5. The quantitative estimate of drug-likeness (QED) is 0.513. The second-order valence-corrected chi connectivity index (χ2v) is 8.00. The Morgan fingerprint density at radius 1 is 1.07 bits per heavy atom. The van der Waals surface area contributed by atoms with E-state index in [0.29, 0.717) is 23.6 Å². The minimum atomic E-state index is -0.0480. The molecule has 1 atom stereocenters. The summed E-state index contributed by atoms with van der Waals surface area (Å²) in [6.07, 6.45) is 2.31. The van der Waals surface area contributed by atoms with Crippen molar-refractivity contribution in [2.75, 3.05) is 19.7 Å². The van der Waals surface area contributed by atoms with E-state index in [9.17, 15) is 4.79 Å². The summed E-state index contributed by atoms with van der Waals surface area (Å²) >= 11 is 0. The molecule has 7 heteroatoms. The van der Waals surface area contributed by atoms with Crippen LogP contribution in [0.15, 0.2) is 59.4 Å². The third-order valence-corrected chi connectivity index (χ3v) is 5.89. The number of piperidine rings is 1. The van der Waals surface area contributed by atoms with E-state index in [1.807, 2.05) is 59.0 Å². The molecule has 0 amide bonds. The zero-order valence-electron chi connectivity index (χ0n) is 17.1. The molecule has 1 unspecified atom stereocenters. The highest BCUT2D eigenvalue weighted by Crippen LogP contribution is 2.21. The second kappa shape index (κ2) is 7.91. The molecule has 1 saturated heterocycles. The van der Waals surface area contributed by atoms with Crippen molar-refractivity contribution in [3.63, 3.8) is 0 Å². The summed E-state index contributed by atoms with van der Waals surface area (Å²) in [5.74, 6) is 2.85. The fourth-order valence-corrected chi connectivity index (χ4v) is 4.36. The van der Waals surface area contributed by atoms with Crippen molar-refractivity contribution >= 4 is 16.7 Å². The molecule has 1 aliphatic rings. The van der Waals surface area contributed by atoms with Gasteiger partial charge < -0.3 is 4.74 Å². The van der Waals surface area contributed by atoms with E-state index >= 15 is 0 Å². The molecule has 0 aliphatic carbocycles. The maximum Gasteiger partial charge on any atom is 0.262 e. The minimum absolute atomic E-state index is 0.0480. The first-order valence-electron chi connectivity index (χ1n) is 10.4. The van der Waals surface area contributed by atoms with E-state index in [2.05, 4.69) is 15.1 Å². The van der Waals surface area contributed by atoms with E-state index < -0.39 is 0 Å². The zero-order valence-corrected chi connectivity index (χ0v) is 17.1. The summed E-state index contributed by atoms with van der Waals surface area (Å²) in [7, 11) is 1.75. The van der Waals surface area contributed by atoms with Crippen molar-refractivity contribution in [2.24, 2.45) is 13.0 Å². The number of likely N-dealkylation sites (tertiary alicyclic amines) is 1. The SMILES string of the molecule is Cn1c(=O)c2ccccc2n2c(CN3CCCC(COc4ccccc4)C3)nnc12. The van der Waals surface area contributed by atoms with Gasteiger partial charge in [-0.15, -0.1) is 10.2 Å². The van der Waals surface area contributed by atoms with E-state index in [0.717, 1.165) is 43.2 Å². The van der Waals surface area contributed by atoms with Crippen LogP contribution >= 0.6 is 0 Å². The molecular formula is C23H25N5O2. The Bertz CT molecular complexity index is 1230. The predicted molar refractivity (Wildman–Crippen MR) is 116 cm³/mol. The Labute approximate surface area is 174 Å². The van der Waals surface area contributed by atoms with Crippen LogP contribution in [-0.2, 0) is 13.6 Å². The zero-order chi connectivity index (χ0) is 20.5. The van der Waals surface area contributed by atoms with E-state index in [1.165, 1.54) is 6.42 Å². The van der Waals surface area contributed by atoms with E-state index in [4.69, 9.17) is 4.74 Å². The molecule has 2 aromatic carbocycles. The molecule has 30 heavy (non-hydrogen) atoms. The second-order valence-electron chi connectivity index (χ2n) is 8.00. The van der Waals surface area contributed by atoms with Crippen LogP contribution in [0, 0.1) is 5.92 Å². The Morgan fingerprint density at radius 3 is 2.73 bits per heavy atom. The van der Waals surface area contributed by atoms with Crippen molar-refractivity contribution < 1.29 is 4.74 Å². The maximum absolute atomic E-state index is 12.6. The third kappa shape index (κ3) is 3.45. The van der Waals surface area contributed by atoms with Crippen molar-refractivity contribution in [1.29, 1.82) is 0 Å². The molecule has 0 N–H and O–H groups in total. The largest absolute Gasteiger partial charge is 0.493 e. The molecule has 3 heterocycles. The first-order chi connectivity index (χ1) is 14.7. The lowest BCUT2D eigenvalue weighted by molar-refractivity contribution is 0.123. The first-order valence-corrected chi connectivity index (χ1v) is 10.4. The summed E-state index contributed by atoms with van der Waals surface area (Å²) < 4.78 is 9.58. The van der Waals surface area contributed by atoms with E-state index in [-0.39, 0.29) is 5.56 Å². The Hall–Kier alpha value is -3.19.